The predicted molar refractivity (Wildman–Crippen MR) is 83.5 cm³/mol. The van der Waals surface area contributed by atoms with Crippen LogP contribution in [0.3, 0.4) is 0 Å². The number of nitrogens with two attached hydrogens (primary N) is 1. The monoisotopic (exact) mass is 291 g/mol. The van der Waals surface area contributed by atoms with Gasteiger partial charge in [-0.05, 0) is 36.4 Å². The maximum absolute atomic E-state index is 11.2. The Morgan fingerprint density at radius 2 is 1.86 bits per heavy atom. The lowest BCUT2D eigenvalue weighted by Crippen LogP contribution is -2.11. The minimum atomic E-state index is -0.480. The fourth-order valence-electron chi connectivity index (χ4n) is 1.96. The zero-order chi connectivity index (χ0) is 15.4. The molecule has 0 bridgehead atoms. The fourth-order valence-corrected chi connectivity index (χ4v) is 1.96. The van der Waals surface area contributed by atoms with E-state index < -0.39 is 5.91 Å². The van der Waals surface area contributed by atoms with Gasteiger partial charge in [-0.3, -0.25) is 9.78 Å². The first kappa shape index (κ1) is 13.7. The molecule has 3 rings (SSSR count). The van der Waals surface area contributed by atoms with E-state index >= 15 is 0 Å². The molecule has 22 heavy (non-hydrogen) atoms. The Morgan fingerprint density at radius 3 is 2.64 bits per heavy atom. The normalized spacial score (nSPS) is 10.2. The van der Waals surface area contributed by atoms with Gasteiger partial charge >= 0.3 is 0 Å². The highest BCUT2D eigenvalue weighted by Crippen LogP contribution is 2.18. The largest absolute Gasteiger partial charge is 0.366 e. The van der Waals surface area contributed by atoms with E-state index in [1.54, 1.807) is 36.7 Å². The van der Waals surface area contributed by atoms with Gasteiger partial charge in [-0.15, -0.1) is 0 Å². The summed E-state index contributed by atoms with van der Waals surface area (Å²) in [6.07, 6.45) is 3.36. The molecule has 0 unspecified atom stereocenters. The van der Waals surface area contributed by atoms with Crippen LogP contribution in [0.1, 0.15) is 10.4 Å². The summed E-state index contributed by atoms with van der Waals surface area (Å²) in [5, 5.41) is 3.05. The van der Waals surface area contributed by atoms with Crippen molar-refractivity contribution in [1.82, 2.24) is 15.0 Å². The Hall–Kier alpha value is -3.28. The lowest BCUT2D eigenvalue weighted by molar-refractivity contribution is 0.100. The van der Waals surface area contributed by atoms with Crippen molar-refractivity contribution < 1.29 is 4.79 Å². The number of aromatic nitrogens is 3. The number of anilines is 2. The molecule has 0 radical (unpaired) electrons. The van der Waals surface area contributed by atoms with Gasteiger partial charge in [0.1, 0.15) is 0 Å². The molecule has 0 saturated heterocycles. The molecule has 0 aliphatic rings. The standard InChI is InChI=1S/C16H13N5O/c17-15(22)11-4-3-5-12(10-11)20-16-19-9-7-14(21-16)13-6-1-2-8-18-13/h1-10H,(H2,17,22)(H,19,20,21). The molecule has 2 heterocycles. The van der Waals surface area contributed by atoms with E-state index in [2.05, 4.69) is 20.3 Å². The Kier molecular flexibility index (Phi) is 3.74. The van der Waals surface area contributed by atoms with Crippen molar-refractivity contribution in [3.8, 4) is 11.4 Å². The van der Waals surface area contributed by atoms with Gasteiger partial charge in [0, 0.05) is 23.6 Å². The molecule has 1 aromatic carbocycles. The number of primary amides is 1. The third-order valence-electron chi connectivity index (χ3n) is 2.99. The zero-order valence-corrected chi connectivity index (χ0v) is 11.6. The van der Waals surface area contributed by atoms with Crippen LogP contribution in [0, 0.1) is 0 Å². The number of amides is 1. The van der Waals surface area contributed by atoms with Crippen LogP contribution in [-0.4, -0.2) is 20.9 Å². The Labute approximate surface area is 127 Å². The number of rotatable bonds is 4. The van der Waals surface area contributed by atoms with Crippen molar-refractivity contribution in [2.75, 3.05) is 5.32 Å². The average molecular weight is 291 g/mol. The second kappa shape index (κ2) is 6.01. The summed E-state index contributed by atoms with van der Waals surface area (Å²) in [6.45, 7) is 0. The molecule has 0 atom stereocenters. The third-order valence-corrected chi connectivity index (χ3v) is 2.99. The third kappa shape index (κ3) is 3.06. The minimum Gasteiger partial charge on any atom is -0.366 e. The minimum absolute atomic E-state index is 0.421. The number of nitrogens with zero attached hydrogens (tertiary/aromatic N) is 3. The highest BCUT2D eigenvalue weighted by atomic mass is 16.1. The SMILES string of the molecule is NC(=O)c1cccc(Nc2nccc(-c3ccccn3)n2)c1. The molecule has 1 amide bonds. The lowest BCUT2D eigenvalue weighted by atomic mass is 10.2. The van der Waals surface area contributed by atoms with Gasteiger partial charge in [-0.25, -0.2) is 9.97 Å². The number of benzene rings is 1. The van der Waals surface area contributed by atoms with Crippen molar-refractivity contribution in [3.63, 3.8) is 0 Å². The van der Waals surface area contributed by atoms with Crippen LogP contribution in [0.15, 0.2) is 60.9 Å². The molecule has 6 nitrogen and oxygen atoms in total. The average Bonchev–Trinajstić information content (AvgIpc) is 2.56. The second-order valence-electron chi connectivity index (χ2n) is 4.55. The maximum atomic E-state index is 11.2. The molecular formula is C16H13N5O. The highest BCUT2D eigenvalue weighted by molar-refractivity contribution is 5.93. The van der Waals surface area contributed by atoms with Gasteiger partial charge in [-0.2, -0.15) is 0 Å². The molecule has 108 valence electrons. The zero-order valence-electron chi connectivity index (χ0n) is 11.6. The number of nitrogens with one attached hydrogen (secondary N) is 1. The molecule has 3 N–H and O–H groups in total. The van der Waals surface area contributed by atoms with Crippen molar-refractivity contribution in [2.45, 2.75) is 0 Å². The van der Waals surface area contributed by atoms with E-state index in [4.69, 9.17) is 5.73 Å². The van der Waals surface area contributed by atoms with Crippen LogP contribution in [0.2, 0.25) is 0 Å². The van der Waals surface area contributed by atoms with Gasteiger partial charge in [-0.1, -0.05) is 12.1 Å². The number of pyridine rings is 1. The topological polar surface area (TPSA) is 93.8 Å². The molecule has 2 aromatic heterocycles. The van der Waals surface area contributed by atoms with Crippen LogP contribution in [0.4, 0.5) is 11.6 Å². The van der Waals surface area contributed by atoms with Crippen molar-refractivity contribution >= 4 is 17.5 Å². The summed E-state index contributed by atoms with van der Waals surface area (Å²) < 4.78 is 0. The first-order chi connectivity index (χ1) is 10.7. The van der Waals surface area contributed by atoms with Crippen molar-refractivity contribution in [1.29, 1.82) is 0 Å². The van der Waals surface area contributed by atoms with Gasteiger partial charge < -0.3 is 11.1 Å². The molecular weight excluding hydrogens is 278 g/mol. The number of hydrogen-bond donors (Lipinski definition) is 2. The van der Waals surface area contributed by atoms with Crippen LogP contribution in [0.5, 0.6) is 0 Å². The summed E-state index contributed by atoms with van der Waals surface area (Å²) in [5.74, 6) is -0.0587. The van der Waals surface area contributed by atoms with Gasteiger partial charge in [0.05, 0.1) is 11.4 Å². The number of carbonyl (C=O) groups excluding carboxylic acids is 1. The van der Waals surface area contributed by atoms with Gasteiger partial charge in [0.2, 0.25) is 11.9 Å². The van der Waals surface area contributed by atoms with E-state index in [1.807, 2.05) is 24.3 Å². The fraction of sp³-hybridized carbons (Fsp3) is 0. The van der Waals surface area contributed by atoms with E-state index in [1.165, 1.54) is 0 Å². The number of carbonyl (C=O) groups is 1. The van der Waals surface area contributed by atoms with Crippen LogP contribution in [-0.2, 0) is 0 Å². The summed E-state index contributed by atoms with van der Waals surface area (Å²) in [4.78, 5) is 24.0. The van der Waals surface area contributed by atoms with Crippen molar-refractivity contribution in [3.05, 3.63) is 66.5 Å². The first-order valence-corrected chi connectivity index (χ1v) is 6.64. The molecule has 3 aromatic rings. The van der Waals surface area contributed by atoms with E-state index in [0.717, 1.165) is 5.69 Å². The summed E-state index contributed by atoms with van der Waals surface area (Å²) >= 11 is 0. The summed E-state index contributed by atoms with van der Waals surface area (Å²) in [5.41, 5.74) is 7.86. The molecule has 0 spiro atoms. The highest BCUT2D eigenvalue weighted by Gasteiger charge is 2.05. The van der Waals surface area contributed by atoms with E-state index in [-0.39, 0.29) is 0 Å². The summed E-state index contributed by atoms with van der Waals surface area (Å²) in [7, 11) is 0. The quantitative estimate of drug-likeness (QED) is 0.769. The molecule has 0 fully saturated rings. The Morgan fingerprint density at radius 1 is 0.955 bits per heavy atom. The molecule has 0 aliphatic heterocycles. The Balaban J connectivity index is 1.87. The Bertz CT molecular complexity index is 804. The van der Waals surface area contributed by atoms with E-state index in [0.29, 0.717) is 22.9 Å². The second-order valence-corrected chi connectivity index (χ2v) is 4.55. The van der Waals surface area contributed by atoms with Gasteiger partial charge in [0.15, 0.2) is 0 Å². The van der Waals surface area contributed by atoms with Crippen LogP contribution < -0.4 is 11.1 Å². The molecule has 6 heteroatoms. The number of hydrogen-bond acceptors (Lipinski definition) is 5. The smallest absolute Gasteiger partial charge is 0.248 e. The molecule has 0 aliphatic carbocycles. The predicted octanol–water partition coefficient (Wildman–Crippen LogP) is 2.38. The van der Waals surface area contributed by atoms with Crippen LogP contribution in [0.25, 0.3) is 11.4 Å². The van der Waals surface area contributed by atoms with Crippen molar-refractivity contribution in [2.24, 2.45) is 5.73 Å². The summed E-state index contributed by atoms with van der Waals surface area (Å²) in [6, 6.07) is 14.3. The van der Waals surface area contributed by atoms with E-state index in [9.17, 15) is 4.79 Å². The first-order valence-electron chi connectivity index (χ1n) is 6.64. The lowest BCUT2D eigenvalue weighted by Gasteiger charge is -2.07. The molecule has 0 saturated carbocycles. The van der Waals surface area contributed by atoms with Gasteiger partial charge in [0.25, 0.3) is 0 Å². The maximum Gasteiger partial charge on any atom is 0.248 e. The van der Waals surface area contributed by atoms with Crippen LogP contribution >= 0.6 is 0 Å².